The molecule has 4 heteroatoms. The van der Waals surface area contributed by atoms with Gasteiger partial charge in [0.2, 0.25) is 5.91 Å². The predicted molar refractivity (Wildman–Crippen MR) is 105 cm³/mol. The lowest BCUT2D eigenvalue weighted by molar-refractivity contribution is -0.122. The lowest BCUT2D eigenvalue weighted by atomic mass is 10.1. The van der Waals surface area contributed by atoms with Gasteiger partial charge in [0.25, 0.3) is 0 Å². The van der Waals surface area contributed by atoms with Crippen LogP contribution in [0.1, 0.15) is 34.7 Å². The maximum Gasteiger partial charge on any atom is 0.224 e. The van der Waals surface area contributed by atoms with E-state index in [2.05, 4.69) is 70.4 Å². The van der Waals surface area contributed by atoms with Crippen LogP contribution < -0.4 is 5.32 Å². The van der Waals surface area contributed by atoms with Crippen LogP contribution in [0, 0.1) is 19.8 Å². The Kier molecular flexibility index (Phi) is 4.16. The third kappa shape index (κ3) is 3.23. The van der Waals surface area contributed by atoms with Crippen LogP contribution in [-0.4, -0.2) is 10.9 Å². The van der Waals surface area contributed by atoms with Crippen molar-refractivity contribution < 1.29 is 4.79 Å². The molecule has 4 rings (SSSR count). The van der Waals surface area contributed by atoms with Crippen LogP contribution in [0.4, 0.5) is 0 Å². The summed E-state index contributed by atoms with van der Waals surface area (Å²) in [7, 11) is 0. The Morgan fingerprint density at radius 2 is 1.96 bits per heavy atom. The molecular formula is C21H21BrN2O. The monoisotopic (exact) mass is 396 g/mol. The number of aromatic nitrogens is 1. The van der Waals surface area contributed by atoms with Crippen molar-refractivity contribution in [1.82, 2.24) is 10.3 Å². The summed E-state index contributed by atoms with van der Waals surface area (Å²) in [6.45, 7) is 4.80. The Hall–Kier alpha value is -2.07. The number of fused-ring (bicyclic) bond motifs is 1. The zero-order valence-electron chi connectivity index (χ0n) is 14.4. The zero-order chi connectivity index (χ0) is 17.6. The SMILES string of the molecule is Cc1[nH]c2ccc(CNC(=O)C3CC3c3ccc(Br)cc3)cc2c1C. The fraction of sp³-hybridized carbons (Fsp3) is 0.286. The van der Waals surface area contributed by atoms with Gasteiger partial charge in [-0.2, -0.15) is 0 Å². The number of hydrogen-bond donors (Lipinski definition) is 2. The Bertz CT molecular complexity index is 942. The molecule has 2 aromatic carbocycles. The van der Waals surface area contributed by atoms with Gasteiger partial charge in [0.1, 0.15) is 0 Å². The van der Waals surface area contributed by atoms with Gasteiger partial charge < -0.3 is 10.3 Å². The molecule has 1 aliphatic rings. The fourth-order valence-corrected chi connectivity index (χ4v) is 3.77. The standard InChI is InChI=1S/C21H21BrN2O/c1-12-13(2)24-20-8-3-14(9-17(12)20)11-23-21(25)19-10-18(19)15-4-6-16(22)7-5-15/h3-9,18-19,24H,10-11H2,1-2H3,(H,23,25). The number of halogens is 1. The summed E-state index contributed by atoms with van der Waals surface area (Å²) >= 11 is 3.45. The summed E-state index contributed by atoms with van der Waals surface area (Å²) in [5, 5.41) is 4.34. The van der Waals surface area contributed by atoms with Gasteiger partial charge in [-0.25, -0.2) is 0 Å². The van der Waals surface area contributed by atoms with Gasteiger partial charge in [-0.3, -0.25) is 4.79 Å². The molecule has 0 aliphatic heterocycles. The quantitative estimate of drug-likeness (QED) is 0.642. The summed E-state index contributed by atoms with van der Waals surface area (Å²) in [6.07, 6.45) is 0.947. The van der Waals surface area contributed by atoms with E-state index >= 15 is 0 Å². The van der Waals surface area contributed by atoms with Crippen LogP contribution >= 0.6 is 15.9 Å². The molecule has 128 valence electrons. The van der Waals surface area contributed by atoms with Gasteiger partial charge in [-0.15, -0.1) is 0 Å². The summed E-state index contributed by atoms with van der Waals surface area (Å²) in [6, 6.07) is 14.6. The van der Waals surface area contributed by atoms with Crippen molar-refractivity contribution >= 4 is 32.7 Å². The van der Waals surface area contributed by atoms with Gasteiger partial charge in [0, 0.05) is 33.5 Å². The number of H-pyrrole nitrogens is 1. The predicted octanol–water partition coefficient (Wildman–Crippen LogP) is 4.97. The van der Waals surface area contributed by atoms with Crippen LogP contribution in [0.15, 0.2) is 46.9 Å². The minimum Gasteiger partial charge on any atom is -0.358 e. The molecule has 1 aromatic heterocycles. The van der Waals surface area contributed by atoms with Gasteiger partial charge in [-0.1, -0.05) is 34.1 Å². The highest BCUT2D eigenvalue weighted by Gasteiger charge is 2.43. The van der Waals surface area contributed by atoms with Crippen LogP contribution in [0.3, 0.4) is 0 Å². The molecular weight excluding hydrogens is 376 g/mol. The zero-order valence-corrected chi connectivity index (χ0v) is 16.0. The fourth-order valence-electron chi connectivity index (χ4n) is 3.50. The summed E-state index contributed by atoms with van der Waals surface area (Å²) in [5.74, 6) is 0.640. The molecule has 1 saturated carbocycles. The van der Waals surface area contributed by atoms with Crippen LogP contribution in [-0.2, 0) is 11.3 Å². The number of hydrogen-bond acceptors (Lipinski definition) is 1. The topological polar surface area (TPSA) is 44.9 Å². The van der Waals surface area contributed by atoms with Crippen molar-refractivity contribution in [1.29, 1.82) is 0 Å². The van der Waals surface area contributed by atoms with Gasteiger partial charge in [0.05, 0.1) is 0 Å². The number of rotatable bonds is 4. The van der Waals surface area contributed by atoms with E-state index in [9.17, 15) is 4.79 Å². The molecule has 3 aromatic rings. The Morgan fingerprint density at radius 3 is 2.72 bits per heavy atom. The Labute approximate surface area is 156 Å². The first kappa shape index (κ1) is 16.4. The van der Waals surface area contributed by atoms with Crippen molar-refractivity contribution in [3.63, 3.8) is 0 Å². The second-order valence-electron chi connectivity index (χ2n) is 6.97. The number of carbonyl (C=O) groups excluding carboxylic acids is 1. The normalized spacial score (nSPS) is 19.2. The molecule has 2 atom stereocenters. The molecule has 0 spiro atoms. The Morgan fingerprint density at radius 1 is 1.20 bits per heavy atom. The number of carbonyl (C=O) groups is 1. The number of nitrogens with one attached hydrogen (secondary N) is 2. The van der Waals surface area contributed by atoms with Crippen molar-refractivity contribution in [2.75, 3.05) is 0 Å². The minimum atomic E-state index is 0.112. The first-order chi connectivity index (χ1) is 12.0. The number of benzene rings is 2. The smallest absolute Gasteiger partial charge is 0.224 e. The maximum absolute atomic E-state index is 12.4. The molecule has 0 radical (unpaired) electrons. The highest BCUT2D eigenvalue weighted by molar-refractivity contribution is 9.10. The molecule has 0 bridgehead atoms. The minimum absolute atomic E-state index is 0.112. The van der Waals surface area contributed by atoms with Gasteiger partial charge in [0.15, 0.2) is 0 Å². The third-order valence-electron chi connectivity index (χ3n) is 5.26. The van der Waals surface area contributed by atoms with Crippen molar-refractivity contribution in [2.24, 2.45) is 5.92 Å². The van der Waals surface area contributed by atoms with Gasteiger partial charge in [-0.05, 0) is 67.1 Å². The molecule has 2 N–H and O–H groups in total. The lowest BCUT2D eigenvalue weighted by Crippen LogP contribution is -2.24. The largest absolute Gasteiger partial charge is 0.358 e. The average Bonchev–Trinajstić information content (AvgIpc) is 3.36. The number of amides is 1. The van der Waals surface area contributed by atoms with E-state index in [0.29, 0.717) is 12.5 Å². The van der Waals surface area contributed by atoms with E-state index in [1.165, 1.54) is 22.2 Å². The first-order valence-corrected chi connectivity index (χ1v) is 9.43. The maximum atomic E-state index is 12.4. The van der Waals surface area contributed by atoms with E-state index < -0.39 is 0 Å². The molecule has 3 nitrogen and oxygen atoms in total. The number of aryl methyl sites for hydroxylation is 2. The molecule has 25 heavy (non-hydrogen) atoms. The second-order valence-corrected chi connectivity index (χ2v) is 7.89. The highest BCUT2D eigenvalue weighted by Crippen LogP contribution is 2.47. The van der Waals surface area contributed by atoms with E-state index in [1.54, 1.807) is 0 Å². The summed E-state index contributed by atoms with van der Waals surface area (Å²) < 4.78 is 1.07. The van der Waals surface area contributed by atoms with E-state index in [-0.39, 0.29) is 11.8 Å². The van der Waals surface area contributed by atoms with Crippen molar-refractivity contribution in [3.05, 3.63) is 69.3 Å². The molecule has 0 saturated heterocycles. The molecule has 1 aliphatic carbocycles. The summed E-state index contributed by atoms with van der Waals surface area (Å²) in [4.78, 5) is 15.8. The second kappa shape index (κ2) is 6.34. The van der Waals surface area contributed by atoms with E-state index in [0.717, 1.165) is 22.0 Å². The van der Waals surface area contributed by atoms with E-state index in [1.807, 2.05) is 12.1 Å². The average molecular weight is 397 g/mol. The number of aromatic amines is 1. The molecule has 1 amide bonds. The summed E-state index contributed by atoms with van der Waals surface area (Å²) in [5.41, 5.74) is 6.03. The molecule has 2 unspecified atom stereocenters. The van der Waals surface area contributed by atoms with Crippen LogP contribution in [0.2, 0.25) is 0 Å². The Balaban J connectivity index is 1.39. The third-order valence-corrected chi connectivity index (χ3v) is 5.79. The van der Waals surface area contributed by atoms with Crippen LogP contribution in [0.25, 0.3) is 10.9 Å². The molecule has 1 fully saturated rings. The highest BCUT2D eigenvalue weighted by atomic mass is 79.9. The van der Waals surface area contributed by atoms with Crippen molar-refractivity contribution in [3.8, 4) is 0 Å². The first-order valence-electron chi connectivity index (χ1n) is 8.64. The van der Waals surface area contributed by atoms with Gasteiger partial charge >= 0.3 is 0 Å². The van der Waals surface area contributed by atoms with Crippen molar-refractivity contribution in [2.45, 2.75) is 32.7 Å². The lowest BCUT2D eigenvalue weighted by Gasteiger charge is -2.06. The molecule has 1 heterocycles. The van der Waals surface area contributed by atoms with Crippen LogP contribution in [0.5, 0.6) is 0 Å². The van der Waals surface area contributed by atoms with E-state index in [4.69, 9.17) is 0 Å².